The second kappa shape index (κ2) is 9.12. The van der Waals surface area contributed by atoms with E-state index in [9.17, 15) is 4.79 Å². The van der Waals surface area contributed by atoms with E-state index in [1.165, 1.54) is 28.7 Å². The normalized spacial score (nSPS) is 14.2. The van der Waals surface area contributed by atoms with Crippen LogP contribution in [0.2, 0.25) is 0 Å². The Kier molecular flexibility index (Phi) is 6.05. The number of carbonyl (C=O) groups is 1. The van der Waals surface area contributed by atoms with E-state index in [2.05, 4.69) is 35.1 Å². The maximum atomic E-state index is 12.8. The largest absolute Gasteiger partial charge is 0.397 e. The molecule has 33 heavy (non-hydrogen) atoms. The fraction of sp³-hybridized carbons (Fsp3) is 0.304. The smallest absolute Gasteiger partial charge is 0.233 e. The minimum Gasteiger partial charge on any atom is -0.397 e. The molecule has 1 saturated heterocycles. The number of morpholine rings is 1. The van der Waals surface area contributed by atoms with E-state index in [0.717, 1.165) is 26.3 Å². The van der Waals surface area contributed by atoms with E-state index < -0.39 is 0 Å². The lowest BCUT2D eigenvalue weighted by Crippen LogP contribution is -2.41. The third-order valence-electron chi connectivity index (χ3n) is 5.85. The first-order chi connectivity index (χ1) is 16.0. The summed E-state index contributed by atoms with van der Waals surface area (Å²) >= 11 is 2.89. The van der Waals surface area contributed by atoms with Crippen LogP contribution in [0, 0.1) is 13.8 Å². The molecular formula is C23H24N6O2S2. The molecule has 4 heterocycles. The molecule has 0 unspecified atom stereocenters. The van der Waals surface area contributed by atoms with Crippen LogP contribution in [0.4, 0.5) is 5.69 Å². The number of carbonyl (C=O) groups excluding carboxylic acids is 1. The number of aromatic nitrogens is 4. The number of nitrogens with zero attached hydrogens (tertiary/aromatic N) is 5. The van der Waals surface area contributed by atoms with Gasteiger partial charge in [-0.2, -0.15) is 0 Å². The fourth-order valence-corrected chi connectivity index (χ4v) is 5.74. The lowest BCUT2D eigenvalue weighted by atomic mass is 10.1. The summed E-state index contributed by atoms with van der Waals surface area (Å²) < 4.78 is 7.37. The van der Waals surface area contributed by atoms with Gasteiger partial charge in [-0.15, -0.1) is 21.5 Å². The predicted octanol–water partition coefficient (Wildman–Crippen LogP) is 3.69. The molecule has 4 aromatic rings. The standard InChI is InChI=1S/C23H24N6O2S2/c1-14-5-3-7-17(15(14)2)29-21(20-19(24)16-6-4-8-25-22(16)33-20)26-27-23(29)32-13-18(30)28-9-11-31-12-10-28/h3-8H,9-13,24H2,1-2H3. The van der Waals surface area contributed by atoms with Crippen molar-refractivity contribution in [3.63, 3.8) is 0 Å². The highest BCUT2D eigenvalue weighted by Gasteiger charge is 2.24. The van der Waals surface area contributed by atoms with E-state index in [1.54, 1.807) is 6.20 Å². The topological polar surface area (TPSA) is 99.2 Å². The number of fused-ring (bicyclic) bond motifs is 1. The number of benzene rings is 1. The van der Waals surface area contributed by atoms with Crippen molar-refractivity contribution in [2.45, 2.75) is 19.0 Å². The highest BCUT2D eigenvalue weighted by Crippen LogP contribution is 2.41. The molecule has 0 radical (unpaired) electrons. The van der Waals surface area contributed by atoms with Crippen LogP contribution in [0.5, 0.6) is 0 Å². The van der Waals surface area contributed by atoms with Gasteiger partial charge >= 0.3 is 0 Å². The number of hydrogen-bond donors (Lipinski definition) is 1. The van der Waals surface area contributed by atoms with E-state index in [-0.39, 0.29) is 11.7 Å². The lowest BCUT2D eigenvalue weighted by molar-refractivity contribution is -0.132. The van der Waals surface area contributed by atoms with E-state index >= 15 is 0 Å². The van der Waals surface area contributed by atoms with Gasteiger partial charge in [0.15, 0.2) is 11.0 Å². The van der Waals surface area contributed by atoms with Gasteiger partial charge in [-0.25, -0.2) is 4.98 Å². The Labute approximate surface area is 199 Å². The summed E-state index contributed by atoms with van der Waals surface area (Å²) in [5, 5.41) is 10.6. The Hall–Kier alpha value is -2.95. The molecule has 0 aliphatic carbocycles. The third kappa shape index (κ3) is 4.09. The molecule has 1 aromatic carbocycles. The van der Waals surface area contributed by atoms with Crippen LogP contribution < -0.4 is 5.73 Å². The van der Waals surface area contributed by atoms with Crippen LogP contribution >= 0.6 is 23.1 Å². The SMILES string of the molecule is Cc1cccc(-n2c(SCC(=O)N3CCOCC3)nnc2-c2sc3ncccc3c2N)c1C. The van der Waals surface area contributed by atoms with Crippen molar-refractivity contribution in [3.8, 4) is 16.4 Å². The zero-order valence-electron chi connectivity index (χ0n) is 18.4. The number of nitrogens with two attached hydrogens (primary N) is 1. The van der Waals surface area contributed by atoms with Crippen molar-refractivity contribution >= 4 is 44.9 Å². The number of anilines is 1. The van der Waals surface area contributed by atoms with Crippen LogP contribution in [0.1, 0.15) is 11.1 Å². The maximum Gasteiger partial charge on any atom is 0.233 e. The van der Waals surface area contributed by atoms with Gasteiger partial charge in [-0.3, -0.25) is 9.36 Å². The molecule has 1 fully saturated rings. The second-order valence-corrected chi connectivity index (χ2v) is 9.79. The first-order valence-electron chi connectivity index (χ1n) is 10.7. The molecule has 0 bridgehead atoms. The summed E-state index contributed by atoms with van der Waals surface area (Å²) in [6, 6.07) is 9.99. The van der Waals surface area contributed by atoms with Gasteiger partial charge in [-0.05, 0) is 43.2 Å². The van der Waals surface area contributed by atoms with E-state index in [0.29, 0.717) is 43.0 Å². The van der Waals surface area contributed by atoms with Gasteiger partial charge in [0.25, 0.3) is 0 Å². The molecule has 0 spiro atoms. The first-order valence-corrected chi connectivity index (χ1v) is 12.5. The average Bonchev–Trinajstić information content (AvgIpc) is 3.40. The summed E-state index contributed by atoms with van der Waals surface area (Å²) in [6.07, 6.45) is 1.76. The van der Waals surface area contributed by atoms with Crippen molar-refractivity contribution in [3.05, 3.63) is 47.7 Å². The highest BCUT2D eigenvalue weighted by molar-refractivity contribution is 7.99. The summed E-state index contributed by atoms with van der Waals surface area (Å²) in [7, 11) is 0. The van der Waals surface area contributed by atoms with Crippen LogP contribution in [-0.4, -0.2) is 62.6 Å². The Bertz CT molecular complexity index is 1330. The summed E-state index contributed by atoms with van der Waals surface area (Å²) in [5.74, 6) is 1.02. The number of aryl methyl sites for hydroxylation is 1. The van der Waals surface area contributed by atoms with Gasteiger partial charge in [-0.1, -0.05) is 23.9 Å². The predicted molar refractivity (Wildman–Crippen MR) is 132 cm³/mol. The number of nitrogen functional groups attached to an aromatic ring is 1. The van der Waals surface area contributed by atoms with E-state index in [4.69, 9.17) is 10.5 Å². The van der Waals surface area contributed by atoms with Crippen molar-refractivity contribution < 1.29 is 9.53 Å². The second-order valence-electron chi connectivity index (χ2n) is 7.84. The maximum absolute atomic E-state index is 12.8. The Morgan fingerprint density at radius 3 is 2.79 bits per heavy atom. The molecule has 1 amide bonds. The van der Waals surface area contributed by atoms with Crippen molar-refractivity contribution in [2.75, 3.05) is 37.8 Å². The minimum atomic E-state index is 0.0749. The molecule has 1 aliphatic rings. The van der Waals surface area contributed by atoms with Crippen LogP contribution in [0.15, 0.2) is 41.7 Å². The fourth-order valence-electron chi connectivity index (χ4n) is 3.85. The summed E-state index contributed by atoms with van der Waals surface area (Å²) in [6.45, 7) is 6.57. The zero-order chi connectivity index (χ0) is 22.9. The highest BCUT2D eigenvalue weighted by atomic mass is 32.2. The molecule has 5 rings (SSSR count). The Morgan fingerprint density at radius 2 is 2.00 bits per heavy atom. The molecule has 2 N–H and O–H groups in total. The zero-order valence-corrected chi connectivity index (χ0v) is 20.1. The van der Waals surface area contributed by atoms with Crippen LogP contribution in [0.3, 0.4) is 0 Å². The van der Waals surface area contributed by atoms with Crippen molar-refractivity contribution in [1.82, 2.24) is 24.6 Å². The number of thiophene rings is 1. The van der Waals surface area contributed by atoms with Crippen LogP contribution in [-0.2, 0) is 9.53 Å². The van der Waals surface area contributed by atoms with E-state index in [1.807, 2.05) is 33.7 Å². The Morgan fingerprint density at radius 1 is 1.18 bits per heavy atom. The average molecular weight is 481 g/mol. The minimum absolute atomic E-state index is 0.0749. The molecule has 3 aromatic heterocycles. The molecular weight excluding hydrogens is 456 g/mol. The number of rotatable bonds is 5. The van der Waals surface area contributed by atoms with Crippen LogP contribution in [0.25, 0.3) is 26.6 Å². The molecule has 10 heteroatoms. The van der Waals surface area contributed by atoms with Crippen molar-refractivity contribution in [1.29, 1.82) is 0 Å². The molecule has 8 nitrogen and oxygen atoms in total. The van der Waals surface area contributed by atoms with Crippen molar-refractivity contribution in [2.24, 2.45) is 0 Å². The monoisotopic (exact) mass is 480 g/mol. The number of ether oxygens (including phenoxy) is 1. The number of amides is 1. The third-order valence-corrected chi connectivity index (χ3v) is 7.89. The molecule has 1 aliphatic heterocycles. The first kappa shape index (κ1) is 21.9. The lowest BCUT2D eigenvalue weighted by Gasteiger charge is -2.26. The van der Waals surface area contributed by atoms with Gasteiger partial charge in [0.1, 0.15) is 4.83 Å². The quantitative estimate of drug-likeness (QED) is 0.435. The number of pyridine rings is 1. The number of thioether (sulfide) groups is 1. The van der Waals surface area contributed by atoms with Gasteiger partial charge in [0, 0.05) is 24.7 Å². The number of hydrogen-bond acceptors (Lipinski definition) is 8. The summed E-state index contributed by atoms with van der Waals surface area (Å²) in [4.78, 5) is 20.7. The summed E-state index contributed by atoms with van der Waals surface area (Å²) in [5.41, 5.74) is 10.4. The molecule has 0 atom stereocenters. The Balaban J connectivity index is 1.57. The van der Waals surface area contributed by atoms with Gasteiger partial charge in [0.2, 0.25) is 5.91 Å². The molecule has 170 valence electrons. The molecule has 0 saturated carbocycles. The van der Waals surface area contributed by atoms with Gasteiger partial charge in [0.05, 0.1) is 35.2 Å². The van der Waals surface area contributed by atoms with Gasteiger partial charge < -0.3 is 15.4 Å².